The van der Waals surface area contributed by atoms with Gasteiger partial charge in [-0.1, -0.05) is 6.92 Å². The van der Waals surface area contributed by atoms with E-state index < -0.39 is 17.8 Å². The van der Waals surface area contributed by atoms with E-state index in [1.54, 1.807) is 0 Å². The number of hydrogen-bond acceptors (Lipinski definition) is 5. The first kappa shape index (κ1) is 14.5. The molecule has 0 aromatic carbocycles. The molecule has 0 unspecified atom stereocenters. The number of alkyl halides is 3. The van der Waals surface area contributed by atoms with Crippen molar-refractivity contribution in [2.75, 3.05) is 30.3 Å². The number of nitrogens with zero attached hydrogens (tertiary/aromatic N) is 3. The normalized spacial score (nSPS) is 11.6. The van der Waals surface area contributed by atoms with E-state index in [9.17, 15) is 13.2 Å². The minimum absolute atomic E-state index is 0.0747. The van der Waals surface area contributed by atoms with Crippen LogP contribution in [0.4, 0.5) is 24.9 Å². The van der Waals surface area contributed by atoms with Crippen molar-refractivity contribution < 1.29 is 18.3 Å². The lowest BCUT2D eigenvalue weighted by molar-refractivity contribution is -0.141. The van der Waals surface area contributed by atoms with Crippen LogP contribution >= 0.6 is 0 Å². The first-order chi connectivity index (χ1) is 8.38. The van der Waals surface area contributed by atoms with Gasteiger partial charge in [0.2, 0.25) is 5.95 Å². The van der Waals surface area contributed by atoms with Crippen LogP contribution in [0.3, 0.4) is 0 Å². The van der Waals surface area contributed by atoms with E-state index in [-0.39, 0.29) is 19.0 Å². The number of aliphatic hydroxyl groups excluding tert-OH is 1. The van der Waals surface area contributed by atoms with Gasteiger partial charge in [0.1, 0.15) is 5.82 Å². The van der Waals surface area contributed by atoms with Gasteiger partial charge >= 0.3 is 6.18 Å². The summed E-state index contributed by atoms with van der Waals surface area (Å²) in [7, 11) is 0. The quantitative estimate of drug-likeness (QED) is 0.838. The Bertz CT molecular complexity index is 391. The molecule has 5 nitrogen and oxygen atoms in total. The summed E-state index contributed by atoms with van der Waals surface area (Å²) in [6.45, 7) is 2.38. The molecule has 0 fully saturated rings. The van der Waals surface area contributed by atoms with Crippen LogP contribution < -0.4 is 10.6 Å². The highest BCUT2D eigenvalue weighted by atomic mass is 19.4. The number of aliphatic hydroxyl groups is 1. The van der Waals surface area contributed by atoms with Gasteiger partial charge in [-0.3, -0.25) is 0 Å². The number of halogens is 3. The average Bonchev–Trinajstić information content (AvgIpc) is 2.27. The maximum Gasteiger partial charge on any atom is 0.433 e. The Balaban J connectivity index is 3.10. The first-order valence-electron chi connectivity index (χ1n) is 5.46. The number of nitrogens with two attached hydrogens (primary N) is 1. The Kier molecular flexibility index (Phi) is 4.71. The van der Waals surface area contributed by atoms with E-state index in [2.05, 4.69) is 9.97 Å². The Morgan fingerprint density at radius 1 is 1.33 bits per heavy atom. The van der Waals surface area contributed by atoms with Crippen LogP contribution in [0.5, 0.6) is 0 Å². The third kappa shape index (κ3) is 3.73. The second-order valence-electron chi connectivity index (χ2n) is 3.68. The molecule has 1 rings (SSSR count). The van der Waals surface area contributed by atoms with Gasteiger partial charge in [0.25, 0.3) is 0 Å². The highest BCUT2D eigenvalue weighted by molar-refractivity contribution is 5.44. The van der Waals surface area contributed by atoms with E-state index in [4.69, 9.17) is 10.8 Å². The van der Waals surface area contributed by atoms with Gasteiger partial charge in [-0.25, -0.2) is 4.98 Å². The lowest BCUT2D eigenvalue weighted by atomic mass is 10.3. The topological polar surface area (TPSA) is 75.3 Å². The molecule has 3 N–H and O–H groups in total. The van der Waals surface area contributed by atoms with Gasteiger partial charge < -0.3 is 15.7 Å². The van der Waals surface area contributed by atoms with E-state index in [0.29, 0.717) is 13.0 Å². The maximum absolute atomic E-state index is 12.6. The average molecular weight is 264 g/mol. The van der Waals surface area contributed by atoms with Crippen molar-refractivity contribution >= 4 is 11.8 Å². The smallest absolute Gasteiger partial charge is 0.395 e. The number of anilines is 2. The van der Waals surface area contributed by atoms with E-state index in [1.807, 2.05) is 6.92 Å². The van der Waals surface area contributed by atoms with Crippen LogP contribution in [0.15, 0.2) is 6.07 Å². The second-order valence-corrected chi connectivity index (χ2v) is 3.68. The molecule has 102 valence electrons. The van der Waals surface area contributed by atoms with E-state index in [0.717, 1.165) is 6.07 Å². The van der Waals surface area contributed by atoms with Crippen LogP contribution in [0.1, 0.15) is 19.0 Å². The second kappa shape index (κ2) is 5.85. The SMILES string of the molecule is CCCN(CCO)c1cc(C(F)(F)F)nc(N)n1. The standard InChI is InChI=1S/C10H15F3N4O/c1-2-3-17(4-5-18)8-6-7(10(11,12)13)15-9(14)16-8/h6,18H,2-5H2,1H3,(H2,14,15,16). The van der Waals surface area contributed by atoms with Crippen molar-refractivity contribution in [3.05, 3.63) is 11.8 Å². The summed E-state index contributed by atoms with van der Waals surface area (Å²) in [6, 6.07) is 0.835. The summed E-state index contributed by atoms with van der Waals surface area (Å²) in [6.07, 6.45) is -3.85. The lowest BCUT2D eigenvalue weighted by Crippen LogP contribution is -2.29. The molecule has 1 aromatic heterocycles. The predicted octanol–water partition coefficient (Wildman–Crippen LogP) is 1.29. The predicted molar refractivity (Wildman–Crippen MR) is 61.0 cm³/mol. The van der Waals surface area contributed by atoms with Crippen molar-refractivity contribution in [1.82, 2.24) is 9.97 Å². The van der Waals surface area contributed by atoms with Crippen LogP contribution in [0, 0.1) is 0 Å². The molecule has 1 heterocycles. The molecule has 0 aliphatic carbocycles. The monoisotopic (exact) mass is 264 g/mol. The van der Waals surface area contributed by atoms with Gasteiger partial charge in [0.15, 0.2) is 5.69 Å². The Morgan fingerprint density at radius 3 is 2.50 bits per heavy atom. The van der Waals surface area contributed by atoms with Crippen LogP contribution in [-0.2, 0) is 6.18 Å². The first-order valence-corrected chi connectivity index (χ1v) is 5.46. The zero-order valence-corrected chi connectivity index (χ0v) is 9.91. The summed E-state index contributed by atoms with van der Waals surface area (Å²) in [4.78, 5) is 8.46. The molecule has 8 heteroatoms. The fraction of sp³-hybridized carbons (Fsp3) is 0.600. The van der Waals surface area contributed by atoms with Crippen molar-refractivity contribution in [2.24, 2.45) is 0 Å². The summed E-state index contributed by atoms with van der Waals surface area (Å²) < 4.78 is 37.7. The molecule has 0 aliphatic rings. The van der Waals surface area contributed by atoms with Crippen molar-refractivity contribution in [2.45, 2.75) is 19.5 Å². The number of hydrogen-bond donors (Lipinski definition) is 2. The molecule has 0 saturated carbocycles. The molecule has 0 radical (unpaired) electrons. The van der Waals surface area contributed by atoms with Gasteiger partial charge in [0, 0.05) is 19.2 Å². The van der Waals surface area contributed by atoms with Crippen LogP contribution in [0.2, 0.25) is 0 Å². The zero-order chi connectivity index (χ0) is 13.8. The third-order valence-electron chi connectivity index (χ3n) is 2.21. The minimum atomic E-state index is -4.57. The molecule has 18 heavy (non-hydrogen) atoms. The van der Waals surface area contributed by atoms with Crippen molar-refractivity contribution in [1.29, 1.82) is 0 Å². The minimum Gasteiger partial charge on any atom is -0.395 e. The Hall–Kier alpha value is -1.57. The lowest BCUT2D eigenvalue weighted by Gasteiger charge is -2.22. The third-order valence-corrected chi connectivity index (χ3v) is 2.21. The molecular formula is C10H15F3N4O. The van der Waals surface area contributed by atoms with Gasteiger partial charge in [-0.2, -0.15) is 18.2 Å². The van der Waals surface area contributed by atoms with Crippen LogP contribution in [0.25, 0.3) is 0 Å². The Labute approximate surface area is 102 Å². The molecule has 0 amide bonds. The highest BCUT2D eigenvalue weighted by Gasteiger charge is 2.34. The van der Waals surface area contributed by atoms with Crippen molar-refractivity contribution in [3.8, 4) is 0 Å². The van der Waals surface area contributed by atoms with Gasteiger partial charge in [0.05, 0.1) is 6.61 Å². The summed E-state index contributed by atoms with van der Waals surface area (Å²) >= 11 is 0. The van der Waals surface area contributed by atoms with Crippen molar-refractivity contribution in [3.63, 3.8) is 0 Å². The Morgan fingerprint density at radius 2 is 2.00 bits per heavy atom. The van der Waals surface area contributed by atoms with E-state index in [1.165, 1.54) is 4.90 Å². The van der Waals surface area contributed by atoms with Crippen LogP contribution in [-0.4, -0.2) is 34.8 Å². The van der Waals surface area contributed by atoms with Gasteiger partial charge in [-0.15, -0.1) is 0 Å². The summed E-state index contributed by atoms with van der Waals surface area (Å²) in [5.41, 5.74) is 4.20. The molecule has 0 bridgehead atoms. The maximum atomic E-state index is 12.6. The zero-order valence-electron chi connectivity index (χ0n) is 9.91. The molecule has 0 aliphatic heterocycles. The fourth-order valence-corrected chi connectivity index (χ4v) is 1.49. The molecule has 0 spiro atoms. The number of aromatic nitrogens is 2. The molecule has 0 saturated heterocycles. The molecule has 1 aromatic rings. The summed E-state index contributed by atoms with van der Waals surface area (Å²) in [5, 5.41) is 8.88. The van der Waals surface area contributed by atoms with E-state index >= 15 is 0 Å². The highest BCUT2D eigenvalue weighted by Crippen LogP contribution is 2.30. The number of nitrogen functional groups attached to an aromatic ring is 1. The molecular weight excluding hydrogens is 249 g/mol. The summed E-state index contributed by atoms with van der Waals surface area (Å²) in [5.74, 6) is -0.357. The molecule has 0 atom stereocenters. The largest absolute Gasteiger partial charge is 0.433 e. The number of rotatable bonds is 5. The fourth-order valence-electron chi connectivity index (χ4n) is 1.49. The van der Waals surface area contributed by atoms with Gasteiger partial charge in [-0.05, 0) is 6.42 Å².